The van der Waals surface area contributed by atoms with Crippen LogP contribution in [0.3, 0.4) is 0 Å². The molecule has 20 heavy (non-hydrogen) atoms. The number of nitro groups is 1. The van der Waals surface area contributed by atoms with E-state index >= 15 is 0 Å². The molecule has 2 rings (SSSR count). The van der Waals surface area contributed by atoms with Crippen molar-refractivity contribution in [2.45, 2.75) is 10.1 Å². The monoisotopic (exact) mass is 374 g/mol. The Hall–Kier alpha value is -1.19. The molecule has 0 aliphatic carbocycles. The van der Waals surface area contributed by atoms with Crippen molar-refractivity contribution in [1.29, 1.82) is 0 Å². The van der Waals surface area contributed by atoms with Crippen LogP contribution in [0, 0.1) is 10.1 Å². The highest BCUT2D eigenvalue weighted by Gasteiger charge is 2.15. The van der Waals surface area contributed by atoms with Crippen LogP contribution in [0.4, 0.5) is 10.8 Å². The highest BCUT2D eigenvalue weighted by molar-refractivity contribution is 9.10. The highest BCUT2D eigenvalue weighted by atomic mass is 79.9. The van der Waals surface area contributed by atoms with Crippen molar-refractivity contribution in [3.63, 3.8) is 0 Å². The molecule has 6 nitrogen and oxygen atoms in total. The molecule has 106 valence electrons. The summed E-state index contributed by atoms with van der Waals surface area (Å²) in [5, 5.41) is 19.8. The van der Waals surface area contributed by atoms with Gasteiger partial charge in [0, 0.05) is 25.9 Å². The second kappa shape index (κ2) is 6.51. The number of hydrogen-bond acceptors (Lipinski definition) is 7. The summed E-state index contributed by atoms with van der Waals surface area (Å²) in [6.45, 7) is 0. The van der Waals surface area contributed by atoms with Gasteiger partial charge in [0.1, 0.15) is 0 Å². The first-order chi connectivity index (χ1) is 9.49. The number of nitrogens with zero attached hydrogens (tertiary/aromatic N) is 4. The van der Waals surface area contributed by atoms with Gasteiger partial charge in [-0.3, -0.25) is 10.1 Å². The van der Waals surface area contributed by atoms with Crippen molar-refractivity contribution in [1.82, 2.24) is 10.2 Å². The molecule has 0 bridgehead atoms. The number of hydrogen-bond donors (Lipinski definition) is 0. The molecule has 9 heteroatoms. The van der Waals surface area contributed by atoms with Crippen molar-refractivity contribution in [2.24, 2.45) is 0 Å². The van der Waals surface area contributed by atoms with E-state index in [1.54, 1.807) is 6.07 Å². The molecule has 0 N–H and O–H groups in total. The van der Waals surface area contributed by atoms with E-state index in [4.69, 9.17) is 0 Å². The van der Waals surface area contributed by atoms with Crippen LogP contribution in [-0.4, -0.2) is 29.2 Å². The lowest BCUT2D eigenvalue weighted by molar-refractivity contribution is -0.385. The Morgan fingerprint density at radius 3 is 2.80 bits per heavy atom. The Kier molecular flexibility index (Phi) is 4.95. The lowest BCUT2D eigenvalue weighted by atomic mass is 10.2. The van der Waals surface area contributed by atoms with Gasteiger partial charge in [-0.25, -0.2) is 0 Å². The van der Waals surface area contributed by atoms with E-state index in [0.717, 1.165) is 15.0 Å². The number of anilines is 1. The first-order valence-corrected chi connectivity index (χ1v) is 8.14. The second-order valence-electron chi connectivity index (χ2n) is 4.04. The number of benzene rings is 1. The summed E-state index contributed by atoms with van der Waals surface area (Å²) < 4.78 is 1.36. The van der Waals surface area contributed by atoms with Gasteiger partial charge in [-0.2, -0.15) is 0 Å². The van der Waals surface area contributed by atoms with Crippen molar-refractivity contribution in [3.8, 4) is 0 Å². The Morgan fingerprint density at radius 2 is 2.20 bits per heavy atom. The zero-order chi connectivity index (χ0) is 14.7. The molecule has 0 unspecified atom stereocenters. The molecule has 0 spiro atoms. The van der Waals surface area contributed by atoms with E-state index in [-0.39, 0.29) is 5.69 Å². The van der Waals surface area contributed by atoms with Gasteiger partial charge >= 0.3 is 0 Å². The molecule has 1 aromatic carbocycles. The van der Waals surface area contributed by atoms with Crippen LogP contribution in [0.25, 0.3) is 0 Å². The summed E-state index contributed by atoms with van der Waals surface area (Å²) >= 11 is 6.29. The van der Waals surface area contributed by atoms with Gasteiger partial charge in [0.25, 0.3) is 5.69 Å². The summed E-state index contributed by atoms with van der Waals surface area (Å²) in [5.41, 5.74) is 0.945. The SMILES string of the molecule is CN(C)c1nnc(SCc2cccc([N+](=O)[O-])c2Br)s1. The quantitative estimate of drug-likeness (QED) is 0.452. The largest absolute Gasteiger partial charge is 0.353 e. The number of nitro benzene ring substituents is 1. The average Bonchev–Trinajstić information content (AvgIpc) is 2.86. The topological polar surface area (TPSA) is 72.2 Å². The van der Waals surface area contributed by atoms with Gasteiger partial charge in [-0.05, 0) is 21.5 Å². The molecule has 1 heterocycles. The maximum absolute atomic E-state index is 10.9. The third-order valence-corrected chi connectivity index (χ3v) is 5.57. The van der Waals surface area contributed by atoms with E-state index in [1.807, 2.05) is 25.1 Å². The predicted molar refractivity (Wildman–Crippen MR) is 84.6 cm³/mol. The Bertz CT molecular complexity index is 633. The fourth-order valence-corrected chi connectivity index (χ4v) is 3.89. The van der Waals surface area contributed by atoms with Crippen molar-refractivity contribution >= 4 is 49.8 Å². The van der Waals surface area contributed by atoms with Gasteiger partial charge in [-0.15, -0.1) is 10.2 Å². The van der Waals surface area contributed by atoms with Gasteiger partial charge in [0.2, 0.25) is 5.13 Å². The first kappa shape index (κ1) is 15.2. The molecule has 0 aliphatic rings. The van der Waals surface area contributed by atoms with E-state index in [0.29, 0.717) is 10.2 Å². The van der Waals surface area contributed by atoms with E-state index < -0.39 is 4.92 Å². The standard InChI is InChI=1S/C11H11BrN4O2S2/c1-15(2)10-13-14-11(20-10)19-6-7-4-3-5-8(9(7)12)16(17)18/h3-5H,6H2,1-2H3. The molecule has 0 atom stereocenters. The van der Waals surface area contributed by atoms with Gasteiger partial charge in [0.15, 0.2) is 4.34 Å². The Balaban J connectivity index is 2.10. The Labute approximate surface area is 132 Å². The summed E-state index contributed by atoms with van der Waals surface area (Å²) in [4.78, 5) is 12.4. The van der Waals surface area contributed by atoms with Crippen molar-refractivity contribution in [3.05, 3.63) is 38.3 Å². The first-order valence-electron chi connectivity index (χ1n) is 5.54. The molecule has 0 amide bonds. The van der Waals surface area contributed by atoms with Gasteiger partial charge in [-0.1, -0.05) is 35.2 Å². The Morgan fingerprint density at radius 1 is 1.45 bits per heavy atom. The van der Waals surface area contributed by atoms with E-state index in [2.05, 4.69) is 26.1 Å². The number of aromatic nitrogens is 2. The predicted octanol–water partition coefficient (Wildman–Crippen LogP) is 3.57. The maximum Gasteiger partial charge on any atom is 0.283 e. The summed E-state index contributed by atoms with van der Waals surface area (Å²) in [5.74, 6) is 0.602. The smallest absolute Gasteiger partial charge is 0.283 e. The van der Waals surface area contributed by atoms with Crippen molar-refractivity contribution < 1.29 is 4.92 Å². The molecule has 0 fully saturated rings. The minimum absolute atomic E-state index is 0.0781. The fraction of sp³-hybridized carbons (Fsp3) is 0.273. The van der Waals surface area contributed by atoms with Crippen LogP contribution in [0.1, 0.15) is 5.56 Å². The third-order valence-electron chi connectivity index (χ3n) is 2.38. The van der Waals surface area contributed by atoms with Crippen LogP contribution in [0.15, 0.2) is 27.0 Å². The number of thioether (sulfide) groups is 1. The van der Waals surface area contributed by atoms with Gasteiger partial charge < -0.3 is 4.90 Å². The molecule has 1 aromatic heterocycles. The second-order valence-corrected chi connectivity index (χ2v) is 7.01. The summed E-state index contributed by atoms with van der Waals surface area (Å²) in [6, 6.07) is 5.02. The zero-order valence-electron chi connectivity index (χ0n) is 10.7. The molecule has 0 aliphatic heterocycles. The third kappa shape index (κ3) is 3.47. The molecule has 2 aromatic rings. The summed E-state index contributed by atoms with van der Waals surface area (Å²) in [7, 11) is 3.82. The van der Waals surface area contributed by atoms with Crippen LogP contribution in [0.5, 0.6) is 0 Å². The zero-order valence-corrected chi connectivity index (χ0v) is 14.0. The normalized spacial score (nSPS) is 10.6. The number of rotatable bonds is 5. The molecular weight excluding hydrogens is 364 g/mol. The molecule has 0 radical (unpaired) electrons. The average molecular weight is 375 g/mol. The summed E-state index contributed by atoms with van der Waals surface area (Å²) in [6.07, 6.45) is 0. The minimum Gasteiger partial charge on any atom is -0.353 e. The number of halogens is 1. The van der Waals surface area contributed by atoms with Crippen LogP contribution in [0.2, 0.25) is 0 Å². The lowest BCUT2D eigenvalue weighted by Gasteiger charge is -2.04. The maximum atomic E-state index is 10.9. The van der Waals surface area contributed by atoms with Crippen LogP contribution < -0.4 is 4.90 Å². The minimum atomic E-state index is -0.395. The van der Waals surface area contributed by atoms with Gasteiger partial charge in [0.05, 0.1) is 9.40 Å². The molecule has 0 saturated carbocycles. The lowest BCUT2D eigenvalue weighted by Crippen LogP contribution is -2.07. The highest BCUT2D eigenvalue weighted by Crippen LogP contribution is 2.34. The fourth-order valence-electron chi connectivity index (χ4n) is 1.40. The van der Waals surface area contributed by atoms with Crippen LogP contribution >= 0.6 is 39.0 Å². The van der Waals surface area contributed by atoms with Crippen molar-refractivity contribution in [2.75, 3.05) is 19.0 Å². The molecular formula is C11H11BrN4O2S2. The molecule has 0 saturated heterocycles. The van der Waals surface area contributed by atoms with E-state index in [9.17, 15) is 10.1 Å². The van der Waals surface area contributed by atoms with Crippen LogP contribution in [-0.2, 0) is 5.75 Å². The van der Waals surface area contributed by atoms with E-state index in [1.165, 1.54) is 29.2 Å².